The van der Waals surface area contributed by atoms with Crippen molar-refractivity contribution in [2.24, 2.45) is 7.05 Å². The van der Waals surface area contributed by atoms with Crippen LogP contribution in [0.1, 0.15) is 66.3 Å². The Kier molecular flexibility index (Phi) is 6.83. The standard InChI is InChI=1S/C24H36N4O4/c1-8-9-20(21-25-19-12-17(29)10-11-18(19)22(30)26(21)7)27-13-15(2)28(16(3)14-27)23(31)32-24(4,5)6/h10-12,15-16,20,29H,8-9,13-14H2,1-7H3/t15-,16+,20?. The minimum atomic E-state index is -0.544. The number of carbonyl (C=O) groups excluding carboxylic acids is 1. The maximum Gasteiger partial charge on any atom is 0.410 e. The molecule has 2 heterocycles. The summed E-state index contributed by atoms with van der Waals surface area (Å²) in [5, 5.41) is 10.4. The largest absolute Gasteiger partial charge is 0.508 e. The first kappa shape index (κ1) is 24.0. The molecule has 1 aliphatic heterocycles. The van der Waals surface area contributed by atoms with Crippen molar-refractivity contribution in [3.05, 3.63) is 34.4 Å². The molecule has 0 spiro atoms. The third-order valence-electron chi connectivity index (χ3n) is 5.95. The second-order valence-corrected chi connectivity index (χ2v) is 9.88. The average molecular weight is 445 g/mol. The normalized spacial score (nSPS) is 21.0. The Bertz CT molecular complexity index is 1030. The first-order valence-electron chi connectivity index (χ1n) is 11.4. The van der Waals surface area contributed by atoms with Gasteiger partial charge in [0.25, 0.3) is 5.56 Å². The number of benzene rings is 1. The van der Waals surface area contributed by atoms with Gasteiger partial charge in [-0.2, -0.15) is 0 Å². The molecule has 1 aliphatic rings. The lowest BCUT2D eigenvalue weighted by molar-refractivity contribution is -0.0246. The summed E-state index contributed by atoms with van der Waals surface area (Å²) in [5.41, 5.74) is -0.172. The quantitative estimate of drug-likeness (QED) is 0.772. The van der Waals surface area contributed by atoms with E-state index in [2.05, 4.69) is 11.8 Å². The maximum atomic E-state index is 13.0. The van der Waals surface area contributed by atoms with Crippen LogP contribution in [0.3, 0.4) is 0 Å². The number of phenolic OH excluding ortho intramolecular Hbond substituents is 1. The predicted octanol–water partition coefficient (Wildman–Crippen LogP) is 3.81. The van der Waals surface area contributed by atoms with Crippen LogP contribution in [0.4, 0.5) is 4.79 Å². The van der Waals surface area contributed by atoms with Crippen molar-refractivity contribution >= 4 is 17.0 Å². The van der Waals surface area contributed by atoms with Crippen molar-refractivity contribution < 1.29 is 14.6 Å². The van der Waals surface area contributed by atoms with Gasteiger partial charge in [-0.1, -0.05) is 13.3 Å². The van der Waals surface area contributed by atoms with Gasteiger partial charge in [0.1, 0.15) is 17.2 Å². The van der Waals surface area contributed by atoms with Crippen LogP contribution in [0.25, 0.3) is 10.9 Å². The summed E-state index contributed by atoms with van der Waals surface area (Å²) in [6.07, 6.45) is 1.46. The number of amides is 1. The van der Waals surface area contributed by atoms with Crippen LogP contribution in [0.5, 0.6) is 5.75 Å². The number of fused-ring (bicyclic) bond motifs is 1. The molecule has 176 valence electrons. The van der Waals surface area contributed by atoms with Gasteiger partial charge >= 0.3 is 6.09 Å². The molecule has 8 heteroatoms. The van der Waals surface area contributed by atoms with E-state index in [0.717, 1.165) is 12.8 Å². The van der Waals surface area contributed by atoms with Gasteiger partial charge in [-0.3, -0.25) is 14.3 Å². The van der Waals surface area contributed by atoms with Gasteiger partial charge < -0.3 is 14.7 Å². The van der Waals surface area contributed by atoms with Gasteiger partial charge in [0, 0.05) is 38.3 Å². The third kappa shape index (κ3) is 4.90. The lowest BCUT2D eigenvalue weighted by Crippen LogP contribution is -2.60. The average Bonchev–Trinajstić information content (AvgIpc) is 2.67. The van der Waals surface area contributed by atoms with Crippen molar-refractivity contribution in [1.29, 1.82) is 0 Å². The van der Waals surface area contributed by atoms with E-state index in [4.69, 9.17) is 9.72 Å². The van der Waals surface area contributed by atoms with Crippen molar-refractivity contribution in [3.8, 4) is 5.75 Å². The summed E-state index contributed by atoms with van der Waals surface area (Å²) in [7, 11) is 1.75. The van der Waals surface area contributed by atoms with Gasteiger partial charge in [0.05, 0.1) is 16.9 Å². The minimum absolute atomic E-state index is 0.0468. The van der Waals surface area contributed by atoms with E-state index >= 15 is 0 Å². The van der Waals surface area contributed by atoms with E-state index in [1.165, 1.54) is 12.1 Å². The van der Waals surface area contributed by atoms with Crippen molar-refractivity contribution in [1.82, 2.24) is 19.4 Å². The number of nitrogens with zero attached hydrogens (tertiary/aromatic N) is 4. The molecule has 0 saturated carbocycles. The minimum Gasteiger partial charge on any atom is -0.508 e. The molecular formula is C24H36N4O4. The zero-order valence-electron chi connectivity index (χ0n) is 20.3. The smallest absolute Gasteiger partial charge is 0.410 e. The summed E-state index contributed by atoms with van der Waals surface area (Å²) in [6.45, 7) is 13.1. The molecule has 2 aromatic rings. The fourth-order valence-corrected chi connectivity index (χ4v) is 4.62. The Morgan fingerprint density at radius 3 is 2.44 bits per heavy atom. The summed E-state index contributed by atoms with van der Waals surface area (Å²) in [5.74, 6) is 0.768. The number of hydrogen-bond acceptors (Lipinski definition) is 6. The Hall–Kier alpha value is -2.61. The number of hydrogen-bond donors (Lipinski definition) is 1. The van der Waals surface area contributed by atoms with E-state index in [1.54, 1.807) is 17.7 Å². The number of rotatable bonds is 4. The van der Waals surface area contributed by atoms with E-state index < -0.39 is 5.60 Å². The van der Waals surface area contributed by atoms with Crippen LogP contribution in [-0.2, 0) is 11.8 Å². The predicted molar refractivity (Wildman–Crippen MR) is 125 cm³/mol. The number of phenols is 1. The highest BCUT2D eigenvalue weighted by molar-refractivity contribution is 5.79. The van der Waals surface area contributed by atoms with E-state index in [-0.39, 0.29) is 35.5 Å². The van der Waals surface area contributed by atoms with Gasteiger partial charge in [-0.05, 0) is 53.2 Å². The van der Waals surface area contributed by atoms with Crippen LogP contribution >= 0.6 is 0 Å². The highest BCUT2D eigenvalue weighted by Crippen LogP contribution is 2.30. The lowest BCUT2D eigenvalue weighted by Gasteiger charge is -2.47. The van der Waals surface area contributed by atoms with Crippen molar-refractivity contribution in [2.75, 3.05) is 13.1 Å². The summed E-state index contributed by atoms with van der Waals surface area (Å²) < 4.78 is 7.25. The first-order chi connectivity index (χ1) is 14.9. The molecule has 1 unspecified atom stereocenters. The Morgan fingerprint density at radius 1 is 1.25 bits per heavy atom. The molecule has 3 rings (SSSR count). The molecule has 0 aliphatic carbocycles. The van der Waals surface area contributed by atoms with Gasteiger partial charge in [0.15, 0.2) is 0 Å². The highest BCUT2D eigenvalue weighted by atomic mass is 16.6. The third-order valence-corrected chi connectivity index (χ3v) is 5.95. The molecule has 32 heavy (non-hydrogen) atoms. The molecule has 8 nitrogen and oxygen atoms in total. The number of ether oxygens (including phenoxy) is 1. The summed E-state index contributed by atoms with van der Waals surface area (Å²) >= 11 is 0. The van der Waals surface area contributed by atoms with Crippen molar-refractivity contribution in [3.63, 3.8) is 0 Å². The van der Waals surface area contributed by atoms with Gasteiger partial charge in [0.2, 0.25) is 0 Å². The van der Waals surface area contributed by atoms with E-state index in [9.17, 15) is 14.7 Å². The highest BCUT2D eigenvalue weighted by Gasteiger charge is 2.38. The zero-order chi connectivity index (χ0) is 23.8. The number of carbonyl (C=O) groups is 1. The molecule has 1 aromatic heterocycles. The van der Waals surface area contributed by atoms with Gasteiger partial charge in [-0.15, -0.1) is 0 Å². The Labute approximate surface area is 189 Å². The first-order valence-corrected chi connectivity index (χ1v) is 11.4. The molecule has 3 atom stereocenters. The van der Waals surface area contributed by atoms with E-state index in [0.29, 0.717) is 29.8 Å². The number of piperazine rings is 1. The van der Waals surface area contributed by atoms with Crippen LogP contribution in [-0.4, -0.2) is 61.3 Å². The van der Waals surface area contributed by atoms with Crippen LogP contribution in [0.2, 0.25) is 0 Å². The molecule has 1 fully saturated rings. The summed E-state index contributed by atoms with van der Waals surface area (Å²) in [4.78, 5) is 34.7. The van der Waals surface area contributed by atoms with Crippen LogP contribution < -0.4 is 5.56 Å². The maximum absolute atomic E-state index is 13.0. The topological polar surface area (TPSA) is 87.9 Å². The van der Waals surface area contributed by atoms with E-state index in [1.807, 2.05) is 39.5 Å². The number of aromatic hydroxyl groups is 1. The van der Waals surface area contributed by atoms with Crippen molar-refractivity contribution in [2.45, 2.75) is 78.1 Å². The lowest BCUT2D eigenvalue weighted by atomic mass is 10.0. The second kappa shape index (κ2) is 9.10. The molecule has 1 amide bonds. The SMILES string of the molecule is CCCC(c1nc2cc(O)ccc2c(=O)n1C)N1C[C@@H](C)N(C(=O)OC(C)(C)C)[C@@H](C)C1. The molecule has 0 bridgehead atoms. The number of aromatic nitrogens is 2. The Morgan fingerprint density at radius 2 is 1.88 bits per heavy atom. The fraction of sp³-hybridized carbons (Fsp3) is 0.625. The molecule has 1 saturated heterocycles. The molecule has 0 radical (unpaired) electrons. The van der Waals surface area contributed by atoms with Crippen LogP contribution in [0, 0.1) is 0 Å². The van der Waals surface area contributed by atoms with Gasteiger partial charge in [-0.25, -0.2) is 9.78 Å². The summed E-state index contributed by atoms with van der Waals surface area (Å²) in [6, 6.07) is 4.49. The molecular weight excluding hydrogens is 408 g/mol. The molecule has 1 aromatic carbocycles. The monoisotopic (exact) mass is 444 g/mol. The second-order valence-electron chi connectivity index (χ2n) is 9.88. The molecule has 1 N–H and O–H groups in total. The Balaban J connectivity index is 1.94. The zero-order valence-corrected chi connectivity index (χ0v) is 20.3. The van der Waals surface area contributed by atoms with Crippen LogP contribution in [0.15, 0.2) is 23.0 Å². The fourth-order valence-electron chi connectivity index (χ4n) is 4.62.